The summed E-state index contributed by atoms with van der Waals surface area (Å²) in [7, 11) is 0. The molecule has 0 saturated heterocycles. The average Bonchev–Trinajstić information content (AvgIpc) is 2.13. The van der Waals surface area contributed by atoms with Crippen molar-refractivity contribution < 1.29 is 0 Å². The predicted octanol–water partition coefficient (Wildman–Crippen LogP) is 2.79. The second-order valence-corrected chi connectivity index (χ2v) is 2.61. The summed E-state index contributed by atoms with van der Waals surface area (Å²) in [5.41, 5.74) is 0.135. The Morgan fingerprint density at radius 2 is 2.17 bits per heavy atom. The number of aromatic nitrogens is 2. The molecule has 0 unspecified atom stereocenters. The summed E-state index contributed by atoms with van der Waals surface area (Å²) >= 11 is 8.53. The minimum Gasteiger partial charge on any atom is -0.239 e. The van der Waals surface area contributed by atoms with Gasteiger partial charge in [-0.15, -0.1) is 0 Å². The maximum absolute atomic E-state index is 8.39. The third kappa shape index (κ3) is 3.16. The van der Waals surface area contributed by atoms with E-state index < -0.39 is 0 Å². The summed E-state index contributed by atoms with van der Waals surface area (Å²) in [4.78, 5) is 7.44. The van der Waals surface area contributed by atoms with Gasteiger partial charge in [-0.05, 0) is 15.9 Å². The molecule has 0 radical (unpaired) electrons. The zero-order chi connectivity index (χ0) is 9.56. The SMILES string of the molecule is CC.N#Cc1nc(Br)cnc1Cl. The molecule has 0 N–H and O–H groups in total. The number of halogens is 2. The number of hydrogen-bond donors (Lipinski definition) is 0. The predicted molar refractivity (Wildman–Crippen MR) is 50.8 cm³/mol. The molecule has 1 aromatic heterocycles. The molecule has 0 aliphatic carbocycles. The molecule has 5 heteroatoms. The lowest BCUT2D eigenvalue weighted by atomic mass is 10.5. The van der Waals surface area contributed by atoms with Crippen molar-refractivity contribution in [2.24, 2.45) is 0 Å². The van der Waals surface area contributed by atoms with Gasteiger partial charge in [-0.2, -0.15) is 5.26 Å². The molecule has 0 saturated carbocycles. The third-order valence-electron chi connectivity index (χ3n) is 0.804. The average molecular weight is 249 g/mol. The van der Waals surface area contributed by atoms with Gasteiger partial charge in [-0.1, -0.05) is 25.4 Å². The summed E-state index contributed by atoms with van der Waals surface area (Å²) in [5, 5.41) is 8.52. The summed E-state index contributed by atoms with van der Waals surface area (Å²) in [5.74, 6) is 0. The molecule has 1 aromatic rings. The molecule has 0 amide bonds. The largest absolute Gasteiger partial charge is 0.239 e. The van der Waals surface area contributed by atoms with Crippen molar-refractivity contribution in [1.29, 1.82) is 5.26 Å². The fourth-order valence-corrected chi connectivity index (χ4v) is 0.837. The standard InChI is InChI=1S/C5HBrClN3.C2H6/c6-4-2-9-5(7)3(1-8)10-4;1-2/h2H;1-2H3. The van der Waals surface area contributed by atoms with Crippen LogP contribution in [-0.2, 0) is 0 Å². The fourth-order valence-electron chi connectivity index (χ4n) is 0.424. The Balaban J connectivity index is 0.000000561. The molecular formula is C7H7BrClN3. The van der Waals surface area contributed by atoms with Crippen molar-refractivity contribution >= 4 is 27.5 Å². The topological polar surface area (TPSA) is 49.6 Å². The van der Waals surface area contributed by atoms with E-state index in [4.69, 9.17) is 16.9 Å². The van der Waals surface area contributed by atoms with Gasteiger partial charge in [0.15, 0.2) is 10.8 Å². The van der Waals surface area contributed by atoms with E-state index in [-0.39, 0.29) is 10.8 Å². The first-order chi connectivity index (χ1) is 5.74. The van der Waals surface area contributed by atoms with Gasteiger partial charge in [0.25, 0.3) is 0 Å². The van der Waals surface area contributed by atoms with E-state index in [2.05, 4.69) is 25.9 Å². The van der Waals surface area contributed by atoms with E-state index in [0.717, 1.165) is 0 Å². The molecule has 12 heavy (non-hydrogen) atoms. The van der Waals surface area contributed by atoms with E-state index in [0.29, 0.717) is 4.60 Å². The van der Waals surface area contributed by atoms with Gasteiger partial charge in [0, 0.05) is 0 Å². The molecule has 0 atom stereocenters. The summed E-state index contributed by atoms with van der Waals surface area (Å²) in [6.45, 7) is 4.00. The Bertz CT molecular complexity index is 295. The number of rotatable bonds is 0. The highest BCUT2D eigenvalue weighted by atomic mass is 79.9. The van der Waals surface area contributed by atoms with Gasteiger partial charge >= 0.3 is 0 Å². The Kier molecular flexibility index (Phi) is 5.60. The van der Waals surface area contributed by atoms with Crippen LogP contribution in [0.15, 0.2) is 10.8 Å². The van der Waals surface area contributed by atoms with E-state index in [1.54, 1.807) is 6.07 Å². The third-order valence-corrected chi connectivity index (χ3v) is 1.46. The first-order valence-electron chi connectivity index (χ1n) is 3.32. The molecule has 0 spiro atoms. The Morgan fingerprint density at radius 1 is 1.58 bits per heavy atom. The van der Waals surface area contributed by atoms with Gasteiger partial charge in [0.05, 0.1) is 6.20 Å². The quantitative estimate of drug-likeness (QED) is 0.709. The van der Waals surface area contributed by atoms with E-state index >= 15 is 0 Å². The summed E-state index contributed by atoms with van der Waals surface area (Å²) in [6.07, 6.45) is 1.43. The summed E-state index contributed by atoms with van der Waals surface area (Å²) in [6, 6.07) is 1.80. The summed E-state index contributed by atoms with van der Waals surface area (Å²) < 4.78 is 0.508. The van der Waals surface area contributed by atoms with Crippen molar-refractivity contribution in [3.63, 3.8) is 0 Å². The fraction of sp³-hybridized carbons (Fsp3) is 0.286. The minimum absolute atomic E-state index is 0.130. The lowest BCUT2D eigenvalue weighted by molar-refractivity contribution is 1.13. The van der Waals surface area contributed by atoms with Crippen LogP contribution in [0.5, 0.6) is 0 Å². The maximum Gasteiger partial charge on any atom is 0.179 e. The first kappa shape index (κ1) is 11.3. The molecule has 0 fully saturated rings. The Labute approximate surface area is 84.5 Å². The van der Waals surface area contributed by atoms with Crippen molar-refractivity contribution in [2.75, 3.05) is 0 Å². The molecule has 0 aliphatic heterocycles. The van der Waals surface area contributed by atoms with Crippen LogP contribution in [0.2, 0.25) is 5.15 Å². The highest BCUT2D eigenvalue weighted by Crippen LogP contribution is 2.11. The van der Waals surface area contributed by atoms with Gasteiger partial charge in [-0.25, -0.2) is 9.97 Å². The zero-order valence-corrected chi connectivity index (χ0v) is 9.02. The van der Waals surface area contributed by atoms with Crippen LogP contribution < -0.4 is 0 Å². The van der Waals surface area contributed by atoms with Crippen molar-refractivity contribution in [2.45, 2.75) is 13.8 Å². The van der Waals surface area contributed by atoms with Crippen LogP contribution in [0.4, 0.5) is 0 Å². The van der Waals surface area contributed by atoms with Crippen molar-refractivity contribution in [3.8, 4) is 6.07 Å². The lowest BCUT2D eigenvalue weighted by Gasteiger charge is -1.91. The number of nitriles is 1. The van der Waals surface area contributed by atoms with Gasteiger partial charge < -0.3 is 0 Å². The normalized spacial score (nSPS) is 7.92. The highest BCUT2D eigenvalue weighted by Gasteiger charge is 2.00. The van der Waals surface area contributed by atoms with Crippen LogP contribution in [0.1, 0.15) is 19.5 Å². The molecule has 0 bridgehead atoms. The Morgan fingerprint density at radius 3 is 2.58 bits per heavy atom. The van der Waals surface area contributed by atoms with Crippen LogP contribution in [0.25, 0.3) is 0 Å². The first-order valence-corrected chi connectivity index (χ1v) is 4.49. The highest BCUT2D eigenvalue weighted by molar-refractivity contribution is 9.10. The second kappa shape index (κ2) is 5.92. The van der Waals surface area contributed by atoms with Crippen molar-refractivity contribution in [3.05, 3.63) is 21.6 Å². The minimum atomic E-state index is 0.130. The van der Waals surface area contributed by atoms with Crippen LogP contribution in [0, 0.1) is 11.3 Å². The van der Waals surface area contributed by atoms with Crippen LogP contribution in [-0.4, -0.2) is 9.97 Å². The van der Waals surface area contributed by atoms with Gasteiger partial charge in [-0.3, -0.25) is 0 Å². The van der Waals surface area contributed by atoms with Crippen LogP contribution >= 0.6 is 27.5 Å². The van der Waals surface area contributed by atoms with E-state index in [1.807, 2.05) is 13.8 Å². The van der Waals surface area contributed by atoms with Crippen LogP contribution in [0.3, 0.4) is 0 Å². The molecule has 0 aliphatic rings. The smallest absolute Gasteiger partial charge is 0.179 e. The number of nitrogens with zero attached hydrogens (tertiary/aromatic N) is 3. The second-order valence-electron chi connectivity index (χ2n) is 1.44. The molecule has 1 rings (SSSR count). The molecule has 64 valence electrons. The molecule has 3 nitrogen and oxygen atoms in total. The number of hydrogen-bond acceptors (Lipinski definition) is 3. The van der Waals surface area contributed by atoms with E-state index in [1.165, 1.54) is 6.20 Å². The van der Waals surface area contributed by atoms with E-state index in [9.17, 15) is 0 Å². The Hall–Kier alpha value is -0.660. The van der Waals surface area contributed by atoms with Crippen molar-refractivity contribution in [1.82, 2.24) is 9.97 Å². The molecule has 1 heterocycles. The van der Waals surface area contributed by atoms with Gasteiger partial charge in [0.1, 0.15) is 10.7 Å². The zero-order valence-electron chi connectivity index (χ0n) is 6.67. The molecule has 0 aromatic carbocycles. The monoisotopic (exact) mass is 247 g/mol. The lowest BCUT2D eigenvalue weighted by Crippen LogP contribution is -1.87. The molecular weight excluding hydrogens is 241 g/mol. The maximum atomic E-state index is 8.39. The van der Waals surface area contributed by atoms with Gasteiger partial charge in [0.2, 0.25) is 0 Å².